The zero-order valence-electron chi connectivity index (χ0n) is 9.41. The third kappa shape index (κ3) is 2.89. The third-order valence-electron chi connectivity index (χ3n) is 1.82. The minimum atomic E-state index is -2.17. The van der Waals surface area contributed by atoms with Crippen molar-refractivity contribution in [2.45, 2.75) is 26.3 Å². The molecule has 0 spiro atoms. The van der Waals surface area contributed by atoms with Crippen LogP contribution < -0.4 is 5.46 Å². The van der Waals surface area contributed by atoms with Gasteiger partial charge in [-0.1, -0.05) is 0 Å². The molecule has 1 rings (SSSR count). The molecule has 0 heterocycles. The first-order valence-electron chi connectivity index (χ1n) is 4.72. The van der Waals surface area contributed by atoms with Crippen LogP contribution in [-0.4, -0.2) is 12.6 Å². The van der Waals surface area contributed by atoms with Crippen molar-refractivity contribution in [2.24, 2.45) is 4.90 Å². The third-order valence-corrected chi connectivity index (χ3v) is 1.82. The van der Waals surface area contributed by atoms with Crippen LogP contribution in [0.25, 0.3) is 0 Å². The summed E-state index contributed by atoms with van der Waals surface area (Å²) in [5, 5.41) is 0. The van der Waals surface area contributed by atoms with E-state index in [2.05, 4.69) is 4.90 Å². The van der Waals surface area contributed by atoms with E-state index in [1.807, 2.05) is 0 Å². The summed E-state index contributed by atoms with van der Waals surface area (Å²) in [5.41, 5.74) is -1.71. The monoisotopic (exact) mass is 249 g/mol. The Hall–Kier alpha value is -1.27. The van der Waals surface area contributed by atoms with Gasteiger partial charge in [-0.05, 0) is 0 Å². The van der Waals surface area contributed by atoms with E-state index in [0.29, 0.717) is 7.07 Å². The molecule has 0 fully saturated rings. The van der Waals surface area contributed by atoms with Crippen molar-refractivity contribution in [3.8, 4) is 0 Å². The van der Waals surface area contributed by atoms with Crippen molar-refractivity contribution in [1.29, 1.82) is 0 Å². The van der Waals surface area contributed by atoms with Gasteiger partial charge < -0.3 is 0 Å². The molecule has 1 aromatic carbocycles. The van der Waals surface area contributed by atoms with Gasteiger partial charge in [0.15, 0.2) is 0 Å². The number of hydrogen-bond acceptors (Lipinski definition) is 1. The normalized spacial score (nSPS) is 12.0. The molecule has 0 atom stereocenters. The molecule has 0 aliphatic carbocycles. The molecule has 0 unspecified atom stereocenters. The van der Waals surface area contributed by atoms with Gasteiger partial charge in [-0.3, -0.25) is 0 Å². The van der Waals surface area contributed by atoms with Crippen molar-refractivity contribution >= 4 is 12.5 Å². The molecule has 92 valence electrons. The molecular weight excluding hydrogens is 240 g/mol. The molecule has 0 N–H and O–H groups in total. The standard InChI is InChI=1S/C10H9BF5N/c1-10(2,3)17-11-4-5(12)7(14)9(16)8(15)6(4)13/h1-3H3. The van der Waals surface area contributed by atoms with Crippen LogP contribution in [0.5, 0.6) is 0 Å². The number of nitrogens with zero attached hydrogens (tertiary/aromatic N) is 1. The Balaban J connectivity index is 3.40. The summed E-state index contributed by atoms with van der Waals surface area (Å²) in [4.78, 5) is 3.70. The van der Waals surface area contributed by atoms with Gasteiger partial charge in [0.1, 0.15) is 0 Å². The van der Waals surface area contributed by atoms with Gasteiger partial charge in [0.25, 0.3) is 0 Å². The summed E-state index contributed by atoms with van der Waals surface area (Å²) >= 11 is 0. The van der Waals surface area contributed by atoms with E-state index in [4.69, 9.17) is 0 Å². The van der Waals surface area contributed by atoms with E-state index in [1.54, 1.807) is 20.8 Å². The summed E-state index contributed by atoms with van der Waals surface area (Å²) in [6, 6.07) is 0. The zero-order valence-corrected chi connectivity index (χ0v) is 9.41. The van der Waals surface area contributed by atoms with Gasteiger partial charge in [0.05, 0.1) is 0 Å². The number of halogens is 5. The Labute approximate surface area is 95.6 Å². The molecule has 17 heavy (non-hydrogen) atoms. The van der Waals surface area contributed by atoms with Crippen molar-refractivity contribution in [2.75, 3.05) is 0 Å². The van der Waals surface area contributed by atoms with E-state index in [9.17, 15) is 22.0 Å². The topological polar surface area (TPSA) is 12.4 Å². The maximum absolute atomic E-state index is 13.2. The van der Waals surface area contributed by atoms with Crippen molar-refractivity contribution in [3.63, 3.8) is 0 Å². The molecule has 0 aliphatic rings. The predicted molar refractivity (Wildman–Crippen MR) is 53.8 cm³/mol. The van der Waals surface area contributed by atoms with Gasteiger partial charge in [0, 0.05) is 0 Å². The predicted octanol–water partition coefficient (Wildman–Crippen LogP) is 2.69. The van der Waals surface area contributed by atoms with Gasteiger partial charge >= 0.3 is 94.8 Å². The fourth-order valence-electron chi connectivity index (χ4n) is 0.993. The first kappa shape index (κ1) is 13.8. The SMILES string of the molecule is CC(C)(C)N=Bc1c(F)c(F)c(F)c(F)c1F. The second kappa shape index (κ2) is 4.54. The molecule has 0 amide bonds. The number of rotatable bonds is 1. The average Bonchev–Trinajstić information content (AvgIpc) is 2.22. The molecule has 0 aromatic heterocycles. The van der Waals surface area contributed by atoms with Gasteiger partial charge in [0.2, 0.25) is 0 Å². The van der Waals surface area contributed by atoms with Gasteiger partial charge in [-0.15, -0.1) is 0 Å². The maximum atomic E-state index is 13.2. The Morgan fingerprint density at radius 1 is 0.765 bits per heavy atom. The van der Waals surface area contributed by atoms with Crippen LogP contribution in [0.15, 0.2) is 4.90 Å². The number of benzene rings is 1. The minimum absolute atomic E-state index is 0.649. The fourth-order valence-corrected chi connectivity index (χ4v) is 0.993. The van der Waals surface area contributed by atoms with E-state index in [-0.39, 0.29) is 0 Å². The average molecular weight is 249 g/mol. The number of hydrogen-bond donors (Lipinski definition) is 0. The van der Waals surface area contributed by atoms with Crippen LogP contribution in [0, 0.1) is 29.1 Å². The van der Waals surface area contributed by atoms with Crippen molar-refractivity contribution < 1.29 is 22.0 Å². The van der Waals surface area contributed by atoms with Crippen LogP contribution in [0.4, 0.5) is 22.0 Å². The van der Waals surface area contributed by atoms with Gasteiger partial charge in [-0.2, -0.15) is 0 Å². The summed E-state index contributed by atoms with van der Waals surface area (Å²) < 4.78 is 64.6. The molecule has 7 heteroatoms. The van der Waals surface area contributed by atoms with Gasteiger partial charge in [-0.25, -0.2) is 0 Å². The quantitative estimate of drug-likeness (QED) is 0.314. The van der Waals surface area contributed by atoms with Crippen LogP contribution in [-0.2, 0) is 0 Å². The first-order valence-corrected chi connectivity index (χ1v) is 4.72. The summed E-state index contributed by atoms with van der Waals surface area (Å²) in [7, 11) is 0.649. The van der Waals surface area contributed by atoms with E-state index >= 15 is 0 Å². The van der Waals surface area contributed by atoms with E-state index in [1.165, 1.54) is 0 Å². The molecule has 1 nitrogen and oxygen atoms in total. The Bertz CT molecular complexity index is 450. The zero-order chi connectivity index (χ0) is 13.4. The molecule has 0 bridgehead atoms. The molecule has 0 radical (unpaired) electrons. The Morgan fingerprint density at radius 3 is 1.47 bits per heavy atom. The first-order chi connectivity index (χ1) is 7.65. The molecule has 0 aliphatic heterocycles. The molecule has 0 saturated carbocycles. The second-order valence-corrected chi connectivity index (χ2v) is 4.41. The Kier molecular flexibility index (Phi) is 3.69. The molecular formula is C10H9BF5N. The summed E-state index contributed by atoms with van der Waals surface area (Å²) in [6.07, 6.45) is 0. The van der Waals surface area contributed by atoms with Crippen LogP contribution in [0.1, 0.15) is 20.8 Å². The van der Waals surface area contributed by atoms with E-state index < -0.39 is 40.1 Å². The van der Waals surface area contributed by atoms with Crippen LogP contribution >= 0.6 is 0 Å². The van der Waals surface area contributed by atoms with Crippen LogP contribution in [0.3, 0.4) is 0 Å². The van der Waals surface area contributed by atoms with Crippen LogP contribution in [0.2, 0.25) is 0 Å². The van der Waals surface area contributed by atoms with Crippen molar-refractivity contribution in [3.05, 3.63) is 29.1 Å². The molecule has 1 aromatic rings. The summed E-state index contributed by atoms with van der Waals surface area (Å²) in [6.45, 7) is 4.86. The molecule has 0 saturated heterocycles. The fraction of sp³-hybridized carbons (Fsp3) is 0.400. The summed E-state index contributed by atoms with van der Waals surface area (Å²) in [5.74, 6) is -9.88. The second-order valence-electron chi connectivity index (χ2n) is 4.41. The Morgan fingerprint density at radius 2 is 1.12 bits per heavy atom. The van der Waals surface area contributed by atoms with Crippen molar-refractivity contribution in [1.82, 2.24) is 0 Å². The van der Waals surface area contributed by atoms with E-state index in [0.717, 1.165) is 0 Å².